The maximum Gasteiger partial charge on any atom is 0.320 e. The van der Waals surface area contributed by atoms with Crippen molar-refractivity contribution in [3.8, 4) is 11.5 Å². The summed E-state index contributed by atoms with van der Waals surface area (Å²) in [5.74, 6) is 0.737. The molecule has 1 fully saturated rings. The molecule has 1 aliphatic carbocycles. The number of rotatable bonds is 7. The van der Waals surface area contributed by atoms with E-state index >= 15 is 0 Å². The topological polar surface area (TPSA) is 67.8 Å². The summed E-state index contributed by atoms with van der Waals surface area (Å²) in [4.78, 5) is 11.2. The van der Waals surface area contributed by atoms with Gasteiger partial charge in [-0.15, -0.1) is 0 Å². The van der Waals surface area contributed by atoms with Gasteiger partial charge in [-0.3, -0.25) is 4.79 Å². The number of methoxy groups -OCH3 is 2. The van der Waals surface area contributed by atoms with Gasteiger partial charge in [0.2, 0.25) is 0 Å². The third kappa shape index (κ3) is 3.43. The largest absolute Gasteiger partial charge is 0.493 e. The molecule has 5 nitrogen and oxygen atoms in total. The normalized spacial score (nSPS) is 15.8. The van der Waals surface area contributed by atoms with Crippen LogP contribution in [0.2, 0.25) is 0 Å². The Bertz CT molecular complexity index is 502. The van der Waals surface area contributed by atoms with Crippen molar-refractivity contribution in [2.75, 3.05) is 14.2 Å². The molecule has 0 aromatic heterocycles. The average molecular weight is 344 g/mol. The molecular weight excluding hydrogens is 326 g/mol. The van der Waals surface area contributed by atoms with Crippen LogP contribution in [0.3, 0.4) is 0 Å². The molecule has 1 saturated carbocycles. The van der Waals surface area contributed by atoms with Gasteiger partial charge >= 0.3 is 5.97 Å². The van der Waals surface area contributed by atoms with Crippen LogP contribution in [0, 0.1) is 5.92 Å². The molecule has 6 heteroatoms. The lowest BCUT2D eigenvalue weighted by molar-refractivity contribution is -0.140. The standard InChI is InChI=1S/C14H18BrNO4/c1-19-11-5-9(10(15)6-12(11)20-2)7-16-13(14(17)18)8-3-4-8/h5-6,8,13,16H,3-4,7H2,1-2H3,(H,17,18). The second-order valence-electron chi connectivity index (χ2n) is 4.83. The second-order valence-corrected chi connectivity index (χ2v) is 5.69. The molecule has 1 aromatic rings. The summed E-state index contributed by atoms with van der Waals surface area (Å²) in [5.41, 5.74) is 0.939. The Morgan fingerprint density at radius 3 is 2.50 bits per heavy atom. The average Bonchev–Trinajstić information content (AvgIpc) is 3.24. The Labute approximate surface area is 126 Å². The van der Waals surface area contributed by atoms with E-state index < -0.39 is 12.0 Å². The lowest BCUT2D eigenvalue weighted by Gasteiger charge is -2.16. The minimum atomic E-state index is -0.788. The molecule has 0 bridgehead atoms. The summed E-state index contributed by atoms with van der Waals surface area (Å²) in [6, 6.07) is 3.19. The van der Waals surface area contributed by atoms with E-state index in [9.17, 15) is 9.90 Å². The maximum atomic E-state index is 11.2. The van der Waals surface area contributed by atoms with Gasteiger partial charge in [0.1, 0.15) is 6.04 Å². The first-order chi connectivity index (χ1) is 9.56. The van der Waals surface area contributed by atoms with E-state index in [1.54, 1.807) is 14.2 Å². The van der Waals surface area contributed by atoms with Gasteiger partial charge in [0.05, 0.1) is 14.2 Å². The number of ether oxygens (including phenoxy) is 2. The molecule has 1 unspecified atom stereocenters. The molecule has 2 N–H and O–H groups in total. The lowest BCUT2D eigenvalue weighted by atomic mass is 10.1. The molecule has 0 spiro atoms. The van der Waals surface area contributed by atoms with E-state index in [0.29, 0.717) is 18.0 Å². The van der Waals surface area contributed by atoms with Crippen LogP contribution in [0.5, 0.6) is 11.5 Å². The van der Waals surface area contributed by atoms with Crippen molar-refractivity contribution in [1.82, 2.24) is 5.32 Å². The van der Waals surface area contributed by atoms with Crippen molar-refractivity contribution in [3.63, 3.8) is 0 Å². The summed E-state index contributed by atoms with van der Waals surface area (Å²) in [5, 5.41) is 12.3. The quantitative estimate of drug-likeness (QED) is 0.795. The molecule has 1 aromatic carbocycles. The van der Waals surface area contributed by atoms with Crippen LogP contribution in [-0.4, -0.2) is 31.3 Å². The highest BCUT2D eigenvalue weighted by atomic mass is 79.9. The van der Waals surface area contributed by atoms with Gasteiger partial charge in [-0.1, -0.05) is 15.9 Å². The lowest BCUT2D eigenvalue weighted by Crippen LogP contribution is -2.38. The first-order valence-electron chi connectivity index (χ1n) is 6.43. The highest BCUT2D eigenvalue weighted by Crippen LogP contribution is 2.35. The second kappa shape index (κ2) is 6.45. The van der Waals surface area contributed by atoms with E-state index in [-0.39, 0.29) is 5.92 Å². The maximum absolute atomic E-state index is 11.2. The zero-order chi connectivity index (χ0) is 14.7. The third-order valence-electron chi connectivity index (χ3n) is 3.42. The molecule has 0 radical (unpaired) electrons. The Morgan fingerprint density at radius 1 is 1.40 bits per heavy atom. The molecule has 2 rings (SSSR count). The molecule has 0 amide bonds. The number of carboxylic acid groups (broad SMARTS) is 1. The zero-order valence-corrected chi connectivity index (χ0v) is 13.1. The van der Waals surface area contributed by atoms with Crippen LogP contribution in [0.4, 0.5) is 0 Å². The summed E-state index contributed by atoms with van der Waals surface area (Å²) in [6.07, 6.45) is 1.97. The minimum absolute atomic E-state index is 0.256. The molecule has 20 heavy (non-hydrogen) atoms. The number of benzene rings is 1. The monoisotopic (exact) mass is 343 g/mol. The molecular formula is C14H18BrNO4. The van der Waals surface area contributed by atoms with Crippen LogP contribution in [-0.2, 0) is 11.3 Å². The van der Waals surface area contributed by atoms with Gasteiger partial charge in [-0.25, -0.2) is 0 Å². The molecule has 110 valence electrons. The van der Waals surface area contributed by atoms with E-state index in [0.717, 1.165) is 22.9 Å². The Morgan fingerprint density at radius 2 is 2.00 bits per heavy atom. The summed E-state index contributed by atoms with van der Waals surface area (Å²) in [7, 11) is 3.16. The Hall–Kier alpha value is -1.27. The van der Waals surface area contributed by atoms with E-state index in [2.05, 4.69) is 21.2 Å². The zero-order valence-electron chi connectivity index (χ0n) is 11.5. The predicted molar refractivity (Wildman–Crippen MR) is 78.2 cm³/mol. The summed E-state index contributed by atoms with van der Waals surface area (Å²) in [6.45, 7) is 0.467. The van der Waals surface area contributed by atoms with Gasteiger partial charge in [-0.05, 0) is 36.5 Å². The smallest absolute Gasteiger partial charge is 0.320 e. The van der Waals surface area contributed by atoms with Crippen molar-refractivity contribution < 1.29 is 19.4 Å². The van der Waals surface area contributed by atoms with Crippen LogP contribution >= 0.6 is 15.9 Å². The van der Waals surface area contributed by atoms with Crippen molar-refractivity contribution >= 4 is 21.9 Å². The highest BCUT2D eigenvalue weighted by molar-refractivity contribution is 9.10. The predicted octanol–water partition coefficient (Wildman–Crippen LogP) is 2.42. The van der Waals surface area contributed by atoms with Gasteiger partial charge < -0.3 is 19.9 Å². The SMILES string of the molecule is COc1cc(Br)c(CNC(C(=O)O)C2CC2)cc1OC. The van der Waals surface area contributed by atoms with Gasteiger partial charge in [0.15, 0.2) is 11.5 Å². The number of hydrogen-bond acceptors (Lipinski definition) is 4. The van der Waals surface area contributed by atoms with Crippen molar-refractivity contribution in [2.24, 2.45) is 5.92 Å². The van der Waals surface area contributed by atoms with Gasteiger partial charge in [0.25, 0.3) is 0 Å². The minimum Gasteiger partial charge on any atom is -0.493 e. The molecule has 0 heterocycles. The number of carbonyl (C=O) groups is 1. The van der Waals surface area contributed by atoms with Crippen LogP contribution < -0.4 is 14.8 Å². The van der Waals surface area contributed by atoms with Crippen molar-refractivity contribution in [1.29, 1.82) is 0 Å². The number of halogens is 1. The highest BCUT2D eigenvalue weighted by Gasteiger charge is 2.35. The molecule has 1 atom stereocenters. The third-order valence-corrected chi connectivity index (χ3v) is 4.16. The van der Waals surface area contributed by atoms with E-state index in [1.165, 1.54) is 0 Å². The van der Waals surface area contributed by atoms with Crippen LogP contribution in [0.1, 0.15) is 18.4 Å². The number of hydrogen-bond donors (Lipinski definition) is 2. The molecule has 1 aliphatic rings. The van der Waals surface area contributed by atoms with Crippen molar-refractivity contribution in [2.45, 2.75) is 25.4 Å². The molecule has 0 saturated heterocycles. The molecule has 0 aliphatic heterocycles. The number of carboxylic acids is 1. The number of nitrogens with one attached hydrogen (secondary N) is 1. The first-order valence-corrected chi connectivity index (χ1v) is 7.22. The van der Waals surface area contributed by atoms with Gasteiger partial charge in [0, 0.05) is 11.0 Å². The summed E-state index contributed by atoms with van der Waals surface area (Å²) < 4.78 is 11.3. The van der Waals surface area contributed by atoms with E-state index in [4.69, 9.17) is 9.47 Å². The fourth-order valence-corrected chi connectivity index (χ4v) is 2.60. The number of aliphatic carboxylic acids is 1. The Kier molecular flexibility index (Phi) is 4.88. The summed E-state index contributed by atoms with van der Waals surface area (Å²) >= 11 is 3.47. The van der Waals surface area contributed by atoms with Crippen LogP contribution in [0.15, 0.2) is 16.6 Å². The van der Waals surface area contributed by atoms with E-state index in [1.807, 2.05) is 12.1 Å². The van der Waals surface area contributed by atoms with Gasteiger partial charge in [-0.2, -0.15) is 0 Å². The fourth-order valence-electron chi connectivity index (χ4n) is 2.14. The Balaban J connectivity index is 2.10. The van der Waals surface area contributed by atoms with Crippen LogP contribution in [0.25, 0.3) is 0 Å². The fraction of sp³-hybridized carbons (Fsp3) is 0.500. The van der Waals surface area contributed by atoms with Crippen molar-refractivity contribution in [3.05, 3.63) is 22.2 Å². The first kappa shape index (κ1) is 15.1.